The molecule has 0 saturated heterocycles. The number of nitrogens with zero attached hydrogens (tertiary/aromatic N) is 4. The topological polar surface area (TPSA) is 82.3 Å². The Morgan fingerprint density at radius 3 is 2.29 bits per heavy atom. The van der Waals surface area contributed by atoms with Gasteiger partial charge in [0.1, 0.15) is 18.1 Å². The second-order valence-corrected chi connectivity index (χ2v) is 7.72. The lowest BCUT2D eigenvalue weighted by molar-refractivity contribution is 0.126. The van der Waals surface area contributed by atoms with E-state index >= 15 is 0 Å². The Labute approximate surface area is 184 Å². The van der Waals surface area contributed by atoms with Crippen molar-refractivity contribution < 1.29 is 14.6 Å². The van der Waals surface area contributed by atoms with Crippen LogP contribution in [0, 0.1) is 0 Å². The molecule has 1 heterocycles. The van der Waals surface area contributed by atoms with Crippen LogP contribution in [0.1, 0.15) is 0 Å². The summed E-state index contributed by atoms with van der Waals surface area (Å²) in [4.78, 5) is 0. The number of tetrazole rings is 1. The Balaban J connectivity index is 1.29. The zero-order valence-electron chi connectivity index (χ0n) is 17.0. The molecule has 158 valence electrons. The fourth-order valence-corrected chi connectivity index (χ4v) is 3.74. The van der Waals surface area contributed by atoms with Crippen molar-refractivity contribution in [1.82, 2.24) is 20.2 Å². The van der Waals surface area contributed by atoms with Crippen molar-refractivity contribution in [1.29, 1.82) is 0 Å². The Hall–Kier alpha value is -3.36. The maximum atomic E-state index is 10.3. The fourth-order valence-electron chi connectivity index (χ4n) is 2.94. The van der Waals surface area contributed by atoms with Crippen LogP contribution in [0.4, 0.5) is 0 Å². The molecular formula is C23H22N4O3S. The molecule has 3 aromatic carbocycles. The van der Waals surface area contributed by atoms with Crippen LogP contribution in [0.25, 0.3) is 16.8 Å². The van der Waals surface area contributed by atoms with Gasteiger partial charge in [0, 0.05) is 5.75 Å². The first-order valence-corrected chi connectivity index (χ1v) is 10.7. The summed E-state index contributed by atoms with van der Waals surface area (Å²) in [7, 11) is 1.62. The van der Waals surface area contributed by atoms with Gasteiger partial charge in [-0.05, 0) is 58.0 Å². The Morgan fingerprint density at radius 2 is 1.58 bits per heavy atom. The SMILES string of the molecule is COc1ccc(-n2nnnc2SCC(O)COc2ccc(-c3ccccc3)cc2)cc1. The first kappa shape index (κ1) is 20.9. The van der Waals surface area contributed by atoms with Gasteiger partial charge in [-0.25, -0.2) is 0 Å². The van der Waals surface area contributed by atoms with Gasteiger partial charge < -0.3 is 14.6 Å². The minimum atomic E-state index is -0.667. The van der Waals surface area contributed by atoms with Crippen molar-refractivity contribution in [2.45, 2.75) is 11.3 Å². The summed E-state index contributed by atoms with van der Waals surface area (Å²) < 4.78 is 12.5. The van der Waals surface area contributed by atoms with Gasteiger partial charge >= 0.3 is 0 Å². The van der Waals surface area contributed by atoms with Crippen LogP contribution >= 0.6 is 11.8 Å². The Kier molecular flexibility index (Phi) is 6.81. The summed E-state index contributed by atoms with van der Waals surface area (Å²) in [6.45, 7) is 0.182. The van der Waals surface area contributed by atoms with E-state index in [0.29, 0.717) is 16.7 Å². The normalized spacial score (nSPS) is 11.8. The Bertz CT molecular complexity index is 1090. The highest BCUT2D eigenvalue weighted by Gasteiger charge is 2.13. The zero-order chi connectivity index (χ0) is 21.5. The molecule has 31 heavy (non-hydrogen) atoms. The van der Waals surface area contributed by atoms with Crippen molar-refractivity contribution in [3.8, 4) is 28.3 Å². The van der Waals surface area contributed by atoms with Gasteiger partial charge in [0.25, 0.3) is 0 Å². The van der Waals surface area contributed by atoms with Crippen LogP contribution in [0.2, 0.25) is 0 Å². The number of benzene rings is 3. The summed E-state index contributed by atoms with van der Waals surface area (Å²) >= 11 is 1.37. The monoisotopic (exact) mass is 434 g/mol. The number of rotatable bonds is 9. The van der Waals surface area contributed by atoms with E-state index in [4.69, 9.17) is 9.47 Å². The van der Waals surface area contributed by atoms with E-state index in [1.807, 2.05) is 66.7 Å². The second kappa shape index (κ2) is 10.1. The van der Waals surface area contributed by atoms with Crippen molar-refractivity contribution in [3.05, 3.63) is 78.9 Å². The van der Waals surface area contributed by atoms with Crippen LogP contribution in [-0.2, 0) is 0 Å². The molecule has 0 spiro atoms. The van der Waals surface area contributed by atoms with Gasteiger partial charge in [0.2, 0.25) is 5.16 Å². The Morgan fingerprint density at radius 1 is 0.903 bits per heavy atom. The molecule has 0 radical (unpaired) electrons. The van der Waals surface area contributed by atoms with Crippen LogP contribution in [-0.4, -0.2) is 50.9 Å². The molecule has 0 saturated carbocycles. The van der Waals surface area contributed by atoms with Crippen molar-refractivity contribution in [2.75, 3.05) is 19.5 Å². The number of hydrogen-bond acceptors (Lipinski definition) is 7. The lowest BCUT2D eigenvalue weighted by Crippen LogP contribution is -2.20. The third kappa shape index (κ3) is 5.42. The number of aromatic nitrogens is 4. The molecule has 0 fully saturated rings. The molecule has 1 aromatic heterocycles. The van der Waals surface area contributed by atoms with Crippen molar-refractivity contribution in [3.63, 3.8) is 0 Å². The van der Waals surface area contributed by atoms with Crippen molar-refractivity contribution >= 4 is 11.8 Å². The maximum Gasteiger partial charge on any atom is 0.214 e. The standard InChI is InChI=1S/C23H22N4O3S/c1-29-21-13-9-19(10-14-21)27-23(24-25-26-27)31-16-20(28)15-30-22-11-7-18(8-12-22)17-5-3-2-4-6-17/h2-14,20,28H,15-16H2,1H3. The minimum Gasteiger partial charge on any atom is -0.497 e. The predicted molar refractivity (Wildman–Crippen MR) is 120 cm³/mol. The number of thioether (sulfide) groups is 1. The quantitative estimate of drug-likeness (QED) is 0.401. The maximum absolute atomic E-state index is 10.3. The molecule has 4 rings (SSSR count). The molecule has 0 aliphatic heterocycles. The molecular weight excluding hydrogens is 412 g/mol. The molecule has 1 atom stereocenters. The highest BCUT2D eigenvalue weighted by Crippen LogP contribution is 2.23. The third-order valence-corrected chi connectivity index (χ3v) is 5.63. The summed E-state index contributed by atoms with van der Waals surface area (Å²) in [5, 5.41) is 22.7. The second-order valence-electron chi connectivity index (χ2n) is 6.74. The summed E-state index contributed by atoms with van der Waals surface area (Å²) in [6.07, 6.45) is -0.667. The van der Waals surface area contributed by atoms with E-state index in [1.54, 1.807) is 11.8 Å². The van der Waals surface area contributed by atoms with Gasteiger partial charge in [-0.15, -0.1) is 5.10 Å². The highest BCUT2D eigenvalue weighted by atomic mass is 32.2. The molecule has 0 bridgehead atoms. The van der Waals surface area contributed by atoms with Crippen LogP contribution in [0.15, 0.2) is 84.0 Å². The fraction of sp³-hybridized carbons (Fsp3) is 0.174. The predicted octanol–water partition coefficient (Wildman–Crippen LogP) is 3.87. The van der Waals surface area contributed by atoms with Gasteiger partial charge in [0.15, 0.2) is 0 Å². The zero-order valence-corrected chi connectivity index (χ0v) is 17.8. The van der Waals surface area contributed by atoms with Crippen LogP contribution in [0.3, 0.4) is 0 Å². The highest BCUT2D eigenvalue weighted by molar-refractivity contribution is 7.99. The minimum absolute atomic E-state index is 0.182. The van der Waals surface area contributed by atoms with E-state index < -0.39 is 6.10 Å². The molecule has 0 amide bonds. The van der Waals surface area contributed by atoms with Crippen molar-refractivity contribution in [2.24, 2.45) is 0 Å². The van der Waals surface area contributed by atoms with E-state index in [1.165, 1.54) is 11.8 Å². The van der Waals surface area contributed by atoms with Gasteiger partial charge in [-0.3, -0.25) is 0 Å². The molecule has 0 aliphatic rings. The largest absolute Gasteiger partial charge is 0.497 e. The third-order valence-electron chi connectivity index (χ3n) is 4.57. The number of methoxy groups -OCH3 is 1. The number of hydrogen-bond donors (Lipinski definition) is 1. The molecule has 1 unspecified atom stereocenters. The summed E-state index contributed by atoms with van der Waals surface area (Å²) in [5.41, 5.74) is 3.09. The molecule has 4 aromatic rings. The number of aliphatic hydroxyl groups is 1. The van der Waals surface area contributed by atoms with Gasteiger partial charge in [0.05, 0.1) is 18.9 Å². The first-order chi connectivity index (χ1) is 15.2. The van der Waals surface area contributed by atoms with Gasteiger partial charge in [-0.2, -0.15) is 4.68 Å². The van der Waals surface area contributed by atoms with E-state index in [-0.39, 0.29) is 6.61 Å². The smallest absolute Gasteiger partial charge is 0.214 e. The van der Waals surface area contributed by atoms with Crippen LogP contribution < -0.4 is 9.47 Å². The van der Waals surface area contributed by atoms with E-state index in [2.05, 4.69) is 27.7 Å². The lowest BCUT2D eigenvalue weighted by atomic mass is 10.1. The lowest BCUT2D eigenvalue weighted by Gasteiger charge is -2.12. The number of ether oxygens (including phenoxy) is 2. The molecule has 7 nitrogen and oxygen atoms in total. The summed E-state index contributed by atoms with van der Waals surface area (Å²) in [6, 6.07) is 25.4. The average molecular weight is 435 g/mol. The molecule has 0 aliphatic carbocycles. The van der Waals surface area contributed by atoms with E-state index in [0.717, 1.165) is 22.6 Å². The summed E-state index contributed by atoms with van der Waals surface area (Å²) in [5.74, 6) is 1.88. The first-order valence-electron chi connectivity index (χ1n) is 9.75. The molecule has 1 N–H and O–H groups in total. The number of aliphatic hydroxyl groups excluding tert-OH is 1. The molecule has 8 heteroatoms. The van der Waals surface area contributed by atoms with E-state index in [9.17, 15) is 5.11 Å². The average Bonchev–Trinajstić information content (AvgIpc) is 3.31. The van der Waals surface area contributed by atoms with Crippen LogP contribution in [0.5, 0.6) is 11.5 Å². The van der Waals surface area contributed by atoms with Gasteiger partial charge in [-0.1, -0.05) is 54.2 Å².